The van der Waals surface area contributed by atoms with Gasteiger partial charge >= 0.3 is 0 Å². The van der Waals surface area contributed by atoms with Crippen molar-refractivity contribution in [3.05, 3.63) is 46.6 Å². The van der Waals surface area contributed by atoms with Gasteiger partial charge in [-0.2, -0.15) is 5.26 Å². The summed E-state index contributed by atoms with van der Waals surface area (Å²) >= 11 is 1.70. The molecule has 3 aromatic rings. The second kappa shape index (κ2) is 3.97. The highest BCUT2D eigenvalue weighted by molar-refractivity contribution is 7.17. The Morgan fingerprint density at radius 1 is 1.22 bits per heavy atom. The van der Waals surface area contributed by atoms with Crippen molar-refractivity contribution in [3.8, 4) is 17.3 Å². The Morgan fingerprint density at radius 3 is 2.56 bits per heavy atom. The van der Waals surface area contributed by atoms with Crippen LogP contribution in [0, 0.1) is 25.2 Å². The molecule has 0 saturated heterocycles. The van der Waals surface area contributed by atoms with Gasteiger partial charge in [0, 0.05) is 22.3 Å². The minimum atomic E-state index is 0.673. The van der Waals surface area contributed by atoms with Gasteiger partial charge in [0.1, 0.15) is 0 Å². The number of hydrogen-bond acceptors (Lipinski definition) is 3. The first-order chi connectivity index (χ1) is 8.69. The molecular formula is C14H11N3S. The first-order valence-electron chi connectivity index (χ1n) is 5.64. The maximum absolute atomic E-state index is 8.78. The molecule has 2 aromatic heterocycles. The van der Waals surface area contributed by atoms with Crippen LogP contribution >= 0.6 is 11.3 Å². The first kappa shape index (κ1) is 11.0. The molecule has 0 aliphatic carbocycles. The Labute approximate surface area is 109 Å². The van der Waals surface area contributed by atoms with Gasteiger partial charge in [0.25, 0.3) is 0 Å². The average molecular weight is 253 g/mol. The topological polar surface area (TPSA) is 41.1 Å². The van der Waals surface area contributed by atoms with Crippen LogP contribution < -0.4 is 0 Å². The SMILES string of the molecule is Cc1sc2nc(-c3ccc(C#N)cc3)cn2c1C. The summed E-state index contributed by atoms with van der Waals surface area (Å²) in [5.74, 6) is 0. The minimum absolute atomic E-state index is 0.673. The maximum Gasteiger partial charge on any atom is 0.194 e. The Kier molecular flexibility index (Phi) is 2.42. The van der Waals surface area contributed by atoms with Crippen molar-refractivity contribution >= 4 is 16.3 Å². The molecule has 0 atom stereocenters. The zero-order valence-corrected chi connectivity index (χ0v) is 11.0. The van der Waals surface area contributed by atoms with Crippen LogP contribution in [0.5, 0.6) is 0 Å². The van der Waals surface area contributed by atoms with Crippen molar-refractivity contribution in [2.75, 3.05) is 0 Å². The lowest BCUT2D eigenvalue weighted by atomic mass is 10.1. The van der Waals surface area contributed by atoms with Gasteiger partial charge in [-0.1, -0.05) is 12.1 Å². The van der Waals surface area contributed by atoms with E-state index >= 15 is 0 Å². The van der Waals surface area contributed by atoms with E-state index in [-0.39, 0.29) is 0 Å². The van der Waals surface area contributed by atoms with E-state index in [0.717, 1.165) is 16.2 Å². The summed E-state index contributed by atoms with van der Waals surface area (Å²) in [5, 5.41) is 8.78. The van der Waals surface area contributed by atoms with E-state index in [4.69, 9.17) is 5.26 Å². The quantitative estimate of drug-likeness (QED) is 0.665. The standard InChI is InChI=1S/C14H11N3S/c1-9-10(2)18-14-16-13(8-17(9)14)12-5-3-11(7-15)4-6-12/h3-6,8H,1-2H3. The predicted octanol–water partition coefficient (Wildman–Crippen LogP) is 3.55. The van der Waals surface area contributed by atoms with Crippen LogP contribution in [0.25, 0.3) is 16.2 Å². The number of aromatic nitrogens is 2. The fourth-order valence-corrected chi connectivity index (χ4v) is 2.86. The highest BCUT2D eigenvalue weighted by atomic mass is 32.1. The van der Waals surface area contributed by atoms with Crippen LogP contribution in [0.1, 0.15) is 16.1 Å². The van der Waals surface area contributed by atoms with E-state index in [1.54, 1.807) is 11.3 Å². The average Bonchev–Trinajstić information content (AvgIpc) is 2.91. The summed E-state index contributed by atoms with van der Waals surface area (Å²) in [6.07, 6.45) is 2.05. The third-order valence-electron chi connectivity index (χ3n) is 3.10. The Bertz CT molecular complexity index is 757. The molecule has 2 heterocycles. The molecule has 3 nitrogen and oxygen atoms in total. The molecule has 0 aliphatic rings. The number of rotatable bonds is 1. The molecule has 4 heteroatoms. The number of nitrogens with zero attached hydrogens (tertiary/aromatic N) is 3. The number of thiazole rings is 1. The van der Waals surface area contributed by atoms with Gasteiger partial charge in [-0.05, 0) is 26.0 Å². The summed E-state index contributed by atoms with van der Waals surface area (Å²) in [7, 11) is 0. The third kappa shape index (κ3) is 1.60. The molecule has 0 N–H and O–H groups in total. The highest BCUT2D eigenvalue weighted by Crippen LogP contribution is 2.26. The summed E-state index contributed by atoms with van der Waals surface area (Å²) in [4.78, 5) is 6.93. The van der Waals surface area contributed by atoms with E-state index in [1.807, 2.05) is 24.3 Å². The molecule has 0 fully saturated rings. The number of hydrogen-bond donors (Lipinski definition) is 0. The maximum atomic E-state index is 8.78. The van der Waals surface area contributed by atoms with Crippen LogP contribution in [-0.2, 0) is 0 Å². The van der Waals surface area contributed by atoms with E-state index in [0.29, 0.717) is 5.56 Å². The normalized spacial score (nSPS) is 10.7. The molecule has 88 valence electrons. The van der Waals surface area contributed by atoms with Crippen molar-refractivity contribution in [1.82, 2.24) is 9.38 Å². The number of nitriles is 1. The molecule has 0 radical (unpaired) electrons. The van der Waals surface area contributed by atoms with Crippen LogP contribution in [0.3, 0.4) is 0 Å². The van der Waals surface area contributed by atoms with Crippen molar-refractivity contribution in [1.29, 1.82) is 5.26 Å². The lowest BCUT2D eigenvalue weighted by Gasteiger charge is -1.96. The smallest absolute Gasteiger partial charge is 0.194 e. The van der Waals surface area contributed by atoms with Crippen molar-refractivity contribution in [2.45, 2.75) is 13.8 Å². The van der Waals surface area contributed by atoms with Gasteiger partial charge in [-0.3, -0.25) is 4.40 Å². The third-order valence-corrected chi connectivity index (χ3v) is 4.17. The minimum Gasteiger partial charge on any atom is -0.294 e. The summed E-state index contributed by atoms with van der Waals surface area (Å²) in [5.41, 5.74) is 3.91. The molecule has 0 unspecified atom stereocenters. The van der Waals surface area contributed by atoms with E-state index in [1.165, 1.54) is 10.6 Å². The molecule has 18 heavy (non-hydrogen) atoms. The summed E-state index contributed by atoms with van der Waals surface area (Å²) < 4.78 is 2.12. The Morgan fingerprint density at radius 2 is 1.94 bits per heavy atom. The summed E-state index contributed by atoms with van der Waals surface area (Å²) in [6, 6.07) is 9.64. The van der Waals surface area contributed by atoms with Crippen LogP contribution in [0.4, 0.5) is 0 Å². The molecule has 1 aromatic carbocycles. The zero-order valence-electron chi connectivity index (χ0n) is 10.1. The van der Waals surface area contributed by atoms with E-state index in [2.05, 4.69) is 35.5 Å². The Hall–Kier alpha value is -2.12. The van der Waals surface area contributed by atoms with Gasteiger partial charge in [0.05, 0.1) is 17.3 Å². The Balaban J connectivity index is 2.11. The van der Waals surface area contributed by atoms with Crippen molar-refractivity contribution in [3.63, 3.8) is 0 Å². The lowest BCUT2D eigenvalue weighted by Crippen LogP contribution is -1.82. The van der Waals surface area contributed by atoms with Crippen LogP contribution in [-0.4, -0.2) is 9.38 Å². The van der Waals surface area contributed by atoms with E-state index < -0.39 is 0 Å². The van der Waals surface area contributed by atoms with Crippen LogP contribution in [0.15, 0.2) is 30.5 Å². The molecule has 0 saturated carbocycles. The molecule has 0 amide bonds. The number of aryl methyl sites for hydroxylation is 2. The predicted molar refractivity (Wildman–Crippen MR) is 72.7 cm³/mol. The van der Waals surface area contributed by atoms with Crippen molar-refractivity contribution < 1.29 is 0 Å². The fraction of sp³-hybridized carbons (Fsp3) is 0.143. The van der Waals surface area contributed by atoms with Gasteiger partial charge in [0.15, 0.2) is 4.96 Å². The lowest BCUT2D eigenvalue weighted by molar-refractivity contribution is 1.11. The summed E-state index contributed by atoms with van der Waals surface area (Å²) in [6.45, 7) is 4.21. The van der Waals surface area contributed by atoms with E-state index in [9.17, 15) is 0 Å². The second-order valence-electron chi connectivity index (χ2n) is 4.21. The number of benzene rings is 1. The first-order valence-corrected chi connectivity index (χ1v) is 6.46. The molecule has 0 spiro atoms. The van der Waals surface area contributed by atoms with Gasteiger partial charge < -0.3 is 0 Å². The molecule has 0 bridgehead atoms. The van der Waals surface area contributed by atoms with Gasteiger partial charge in [-0.15, -0.1) is 11.3 Å². The largest absolute Gasteiger partial charge is 0.294 e. The zero-order chi connectivity index (χ0) is 12.7. The monoisotopic (exact) mass is 253 g/mol. The fourth-order valence-electron chi connectivity index (χ4n) is 1.91. The highest BCUT2D eigenvalue weighted by Gasteiger charge is 2.09. The second-order valence-corrected chi connectivity index (χ2v) is 5.39. The van der Waals surface area contributed by atoms with Crippen molar-refractivity contribution in [2.24, 2.45) is 0 Å². The van der Waals surface area contributed by atoms with Crippen LogP contribution in [0.2, 0.25) is 0 Å². The molecule has 3 rings (SSSR count). The number of imidazole rings is 1. The molecular weight excluding hydrogens is 242 g/mol. The van der Waals surface area contributed by atoms with Gasteiger partial charge in [0.2, 0.25) is 0 Å². The van der Waals surface area contributed by atoms with Gasteiger partial charge in [-0.25, -0.2) is 4.98 Å². The molecule has 0 aliphatic heterocycles. The number of fused-ring (bicyclic) bond motifs is 1.